The molecule has 0 aromatic heterocycles. The number of thiocarbonyl (C=S) groups is 1. The molecule has 0 aliphatic carbocycles. The van der Waals surface area contributed by atoms with Crippen molar-refractivity contribution in [2.45, 2.75) is 0 Å². The molecule has 0 amide bonds. The second kappa shape index (κ2) is 5.06. The lowest BCUT2D eigenvalue weighted by Gasteiger charge is -2.03. The summed E-state index contributed by atoms with van der Waals surface area (Å²) in [6.07, 6.45) is 1.41. The van der Waals surface area contributed by atoms with Gasteiger partial charge in [0.15, 0.2) is 5.88 Å². The molecule has 0 atom stereocenters. The Morgan fingerprint density at radius 2 is 2.07 bits per heavy atom. The molecular formula is C9H8N2O3S. The normalized spacial score (nSPS) is 10.8. The first-order valence-corrected chi connectivity index (χ1v) is 4.44. The Balaban J connectivity index is 2.77. The Labute approximate surface area is 91.3 Å². The van der Waals surface area contributed by atoms with Gasteiger partial charge in [-0.25, -0.2) is 0 Å². The molecule has 0 radical (unpaired) electrons. The predicted molar refractivity (Wildman–Crippen MR) is 59.6 cm³/mol. The number of rotatable bonds is 4. The Morgan fingerprint density at radius 3 is 2.53 bits per heavy atom. The lowest BCUT2D eigenvalue weighted by molar-refractivity contribution is -0.384. The molecule has 0 spiro atoms. The van der Waals surface area contributed by atoms with Gasteiger partial charge < -0.3 is 10.5 Å². The number of nitrogens with two attached hydrogens (primary N) is 1. The van der Waals surface area contributed by atoms with E-state index in [2.05, 4.69) is 12.2 Å². The summed E-state index contributed by atoms with van der Waals surface area (Å²) in [5.41, 5.74) is 5.42. The van der Waals surface area contributed by atoms with Gasteiger partial charge in [-0.2, -0.15) is 0 Å². The van der Waals surface area contributed by atoms with Crippen LogP contribution in [0, 0.1) is 10.1 Å². The van der Waals surface area contributed by atoms with E-state index in [4.69, 9.17) is 10.5 Å². The molecule has 0 aliphatic rings. The smallest absolute Gasteiger partial charge is 0.269 e. The van der Waals surface area contributed by atoms with Crippen molar-refractivity contribution >= 4 is 23.3 Å². The van der Waals surface area contributed by atoms with Crippen LogP contribution in [0.4, 0.5) is 5.69 Å². The van der Waals surface area contributed by atoms with Gasteiger partial charge in [0.25, 0.3) is 5.69 Å². The molecule has 0 unspecified atom stereocenters. The maximum absolute atomic E-state index is 10.3. The summed E-state index contributed by atoms with van der Waals surface area (Å²) >= 11 is 4.55. The van der Waals surface area contributed by atoms with Crippen molar-refractivity contribution < 1.29 is 9.66 Å². The molecule has 0 saturated heterocycles. The van der Waals surface area contributed by atoms with Crippen LogP contribution in [-0.2, 0) is 0 Å². The van der Waals surface area contributed by atoms with E-state index in [1.54, 1.807) is 0 Å². The molecule has 0 heterocycles. The molecule has 6 heteroatoms. The maximum atomic E-state index is 10.3. The molecule has 15 heavy (non-hydrogen) atoms. The third-order valence-corrected chi connectivity index (χ3v) is 1.65. The number of nitrogens with zero attached hydrogens (tertiary/aromatic N) is 1. The molecule has 1 rings (SSSR count). The Morgan fingerprint density at radius 1 is 1.47 bits per heavy atom. The zero-order valence-electron chi connectivity index (χ0n) is 7.62. The SMILES string of the molecule is NC(=CC=S)Oc1ccc([N+](=O)[O-])cc1. The van der Waals surface area contributed by atoms with Gasteiger partial charge in [-0.05, 0) is 12.1 Å². The number of ether oxygens (including phenoxy) is 1. The summed E-state index contributed by atoms with van der Waals surface area (Å²) in [4.78, 5) is 9.86. The average molecular weight is 224 g/mol. The molecule has 0 bridgehead atoms. The number of benzene rings is 1. The van der Waals surface area contributed by atoms with Crippen LogP contribution in [0.1, 0.15) is 0 Å². The highest BCUT2D eigenvalue weighted by atomic mass is 32.1. The van der Waals surface area contributed by atoms with Crippen LogP contribution in [-0.4, -0.2) is 10.3 Å². The van der Waals surface area contributed by atoms with Gasteiger partial charge >= 0.3 is 0 Å². The monoisotopic (exact) mass is 224 g/mol. The van der Waals surface area contributed by atoms with Crippen LogP contribution in [0.25, 0.3) is 0 Å². The fourth-order valence-corrected chi connectivity index (χ4v) is 1.01. The first kappa shape index (κ1) is 11.1. The minimum absolute atomic E-state index is 0.000247. The van der Waals surface area contributed by atoms with Crippen molar-refractivity contribution in [3.8, 4) is 5.75 Å². The Hall–Kier alpha value is -1.95. The largest absolute Gasteiger partial charge is 0.442 e. The molecule has 78 valence electrons. The van der Waals surface area contributed by atoms with E-state index >= 15 is 0 Å². The van der Waals surface area contributed by atoms with Crippen LogP contribution < -0.4 is 10.5 Å². The summed E-state index contributed by atoms with van der Waals surface area (Å²) in [5.74, 6) is 0.560. The van der Waals surface area contributed by atoms with Crippen LogP contribution >= 0.6 is 12.2 Å². The minimum atomic E-state index is -0.486. The zero-order valence-corrected chi connectivity index (χ0v) is 8.44. The first-order chi connectivity index (χ1) is 7.13. The lowest BCUT2D eigenvalue weighted by atomic mass is 10.3. The summed E-state index contributed by atoms with van der Waals surface area (Å²) in [5, 5.41) is 11.7. The fourth-order valence-electron chi connectivity index (χ4n) is 0.873. The molecule has 0 fully saturated rings. The maximum Gasteiger partial charge on any atom is 0.269 e. The summed E-state index contributed by atoms with van der Waals surface area (Å²) in [6, 6.07) is 5.59. The summed E-state index contributed by atoms with van der Waals surface area (Å²) in [7, 11) is 0. The minimum Gasteiger partial charge on any atom is -0.442 e. The molecule has 0 saturated carbocycles. The van der Waals surface area contributed by atoms with Gasteiger partial charge in [0, 0.05) is 23.6 Å². The van der Waals surface area contributed by atoms with Crippen LogP contribution in [0.3, 0.4) is 0 Å². The quantitative estimate of drug-likeness (QED) is 0.277. The molecule has 5 nitrogen and oxygen atoms in total. The van der Waals surface area contributed by atoms with Crippen molar-refractivity contribution in [3.05, 3.63) is 46.3 Å². The molecule has 0 aliphatic heterocycles. The van der Waals surface area contributed by atoms with E-state index in [-0.39, 0.29) is 11.6 Å². The third-order valence-electron chi connectivity index (χ3n) is 1.52. The number of allylic oxidation sites excluding steroid dienone is 1. The van der Waals surface area contributed by atoms with E-state index < -0.39 is 4.92 Å². The van der Waals surface area contributed by atoms with E-state index in [0.29, 0.717) is 5.75 Å². The van der Waals surface area contributed by atoms with E-state index in [9.17, 15) is 10.1 Å². The van der Waals surface area contributed by atoms with Gasteiger partial charge in [-0.3, -0.25) is 10.1 Å². The number of non-ortho nitro benzene ring substituents is 1. The highest BCUT2D eigenvalue weighted by molar-refractivity contribution is 7.79. The van der Waals surface area contributed by atoms with Crippen LogP contribution in [0.2, 0.25) is 0 Å². The lowest BCUT2D eigenvalue weighted by Crippen LogP contribution is -2.05. The Kier molecular flexibility index (Phi) is 3.75. The number of hydrogen-bond donors (Lipinski definition) is 1. The third kappa shape index (κ3) is 3.35. The van der Waals surface area contributed by atoms with Crippen molar-refractivity contribution in [2.75, 3.05) is 0 Å². The number of nitro groups is 1. The number of nitro benzene ring substituents is 1. The van der Waals surface area contributed by atoms with E-state index in [1.165, 1.54) is 35.7 Å². The van der Waals surface area contributed by atoms with Crippen molar-refractivity contribution in [2.24, 2.45) is 5.73 Å². The number of hydrogen-bond acceptors (Lipinski definition) is 5. The summed E-state index contributed by atoms with van der Waals surface area (Å²) in [6.45, 7) is 0. The van der Waals surface area contributed by atoms with Crippen molar-refractivity contribution in [3.63, 3.8) is 0 Å². The van der Waals surface area contributed by atoms with E-state index in [1.807, 2.05) is 0 Å². The average Bonchev–Trinajstić information content (AvgIpc) is 2.18. The van der Waals surface area contributed by atoms with Gasteiger partial charge in [0.1, 0.15) is 5.75 Å². The van der Waals surface area contributed by atoms with Crippen molar-refractivity contribution in [1.82, 2.24) is 0 Å². The fraction of sp³-hybridized carbons (Fsp3) is 0. The first-order valence-electron chi connectivity index (χ1n) is 3.96. The molecule has 2 N–H and O–H groups in total. The Bertz CT molecular complexity index is 400. The zero-order chi connectivity index (χ0) is 11.3. The van der Waals surface area contributed by atoms with E-state index in [0.717, 1.165) is 0 Å². The highest BCUT2D eigenvalue weighted by Gasteiger charge is 2.04. The second-order valence-corrected chi connectivity index (χ2v) is 2.83. The van der Waals surface area contributed by atoms with Crippen molar-refractivity contribution in [1.29, 1.82) is 0 Å². The molecule has 1 aromatic carbocycles. The van der Waals surface area contributed by atoms with Crippen LogP contribution in [0.5, 0.6) is 5.75 Å². The topological polar surface area (TPSA) is 78.4 Å². The molecule has 1 aromatic rings. The highest BCUT2D eigenvalue weighted by Crippen LogP contribution is 2.18. The second-order valence-electron chi connectivity index (χ2n) is 2.56. The molecular weight excluding hydrogens is 216 g/mol. The van der Waals surface area contributed by atoms with Crippen LogP contribution in [0.15, 0.2) is 36.2 Å². The van der Waals surface area contributed by atoms with Gasteiger partial charge in [-0.15, -0.1) is 0 Å². The predicted octanol–water partition coefficient (Wildman–Crippen LogP) is 1.77. The summed E-state index contributed by atoms with van der Waals surface area (Å²) < 4.78 is 5.11. The van der Waals surface area contributed by atoms with Gasteiger partial charge in [0.05, 0.1) is 4.92 Å². The van der Waals surface area contributed by atoms with Gasteiger partial charge in [0.2, 0.25) is 0 Å². The van der Waals surface area contributed by atoms with Gasteiger partial charge in [-0.1, -0.05) is 12.2 Å². The standard InChI is InChI=1S/C9H8N2O3S/c10-9(5-6-15)14-8-3-1-7(2-4-8)11(12)13/h1-6H,10H2.